The molecular formula is C52H34N2. The van der Waals surface area contributed by atoms with Crippen molar-refractivity contribution in [2.45, 2.75) is 0 Å². The predicted molar refractivity (Wildman–Crippen MR) is 229 cm³/mol. The second-order valence-corrected chi connectivity index (χ2v) is 14.0. The molecule has 0 aliphatic heterocycles. The molecule has 9 aromatic carbocycles. The molecular weight excluding hydrogens is 653 g/mol. The lowest BCUT2D eigenvalue weighted by molar-refractivity contribution is 1.13. The van der Waals surface area contributed by atoms with Gasteiger partial charge in [0.15, 0.2) is 0 Å². The molecule has 0 atom stereocenters. The molecule has 0 unspecified atom stereocenters. The van der Waals surface area contributed by atoms with Gasteiger partial charge in [0.2, 0.25) is 0 Å². The molecule has 0 saturated heterocycles. The van der Waals surface area contributed by atoms with Crippen molar-refractivity contribution in [3.05, 3.63) is 206 Å². The third kappa shape index (κ3) is 4.54. The van der Waals surface area contributed by atoms with E-state index >= 15 is 0 Å². The molecule has 2 aromatic heterocycles. The van der Waals surface area contributed by atoms with Crippen LogP contribution in [0.1, 0.15) is 0 Å². The van der Waals surface area contributed by atoms with Crippen molar-refractivity contribution in [3.8, 4) is 45.0 Å². The highest BCUT2D eigenvalue weighted by atomic mass is 15.0. The predicted octanol–water partition coefficient (Wildman–Crippen LogP) is 14.0. The van der Waals surface area contributed by atoms with Crippen LogP contribution >= 0.6 is 0 Å². The third-order valence-electron chi connectivity index (χ3n) is 11.1. The summed E-state index contributed by atoms with van der Waals surface area (Å²) in [6.07, 6.45) is 0. The second kappa shape index (κ2) is 12.2. The van der Waals surface area contributed by atoms with Gasteiger partial charge in [0, 0.05) is 33.3 Å². The molecule has 0 aliphatic carbocycles. The molecule has 252 valence electrons. The molecule has 11 rings (SSSR count). The van der Waals surface area contributed by atoms with Crippen LogP contribution < -0.4 is 0 Å². The van der Waals surface area contributed by atoms with Gasteiger partial charge < -0.3 is 9.13 Å². The first-order valence-electron chi connectivity index (χ1n) is 18.6. The van der Waals surface area contributed by atoms with Gasteiger partial charge in [-0.25, -0.2) is 0 Å². The van der Waals surface area contributed by atoms with E-state index in [9.17, 15) is 0 Å². The molecule has 54 heavy (non-hydrogen) atoms. The first kappa shape index (κ1) is 30.5. The molecule has 0 radical (unpaired) electrons. The summed E-state index contributed by atoms with van der Waals surface area (Å²) in [5.41, 5.74) is 11.8. The van der Waals surface area contributed by atoms with E-state index in [2.05, 4.69) is 215 Å². The van der Waals surface area contributed by atoms with Crippen LogP contribution in [-0.2, 0) is 0 Å². The average molecular weight is 687 g/mol. The van der Waals surface area contributed by atoms with Crippen LogP contribution in [0, 0.1) is 0 Å². The normalized spacial score (nSPS) is 11.7. The topological polar surface area (TPSA) is 9.86 Å². The molecule has 2 heteroatoms. The number of fused-ring (bicyclic) bond motifs is 8. The number of para-hydroxylation sites is 4. The Hall–Kier alpha value is -7.16. The first-order chi connectivity index (χ1) is 26.8. The minimum atomic E-state index is 1.13. The SMILES string of the molecule is c1ccc(-c2c(-c3c(-c4ccc5c6ccccc6c6ccccc6c5c4)n(-c4ccccc4)c4ccccc34)c3ccccc3n2-c2ccccc2)cc1. The lowest BCUT2D eigenvalue weighted by Gasteiger charge is -2.17. The van der Waals surface area contributed by atoms with E-state index in [1.54, 1.807) is 0 Å². The maximum absolute atomic E-state index is 2.48. The summed E-state index contributed by atoms with van der Waals surface area (Å²) in [7, 11) is 0. The fourth-order valence-electron chi connectivity index (χ4n) is 8.87. The largest absolute Gasteiger partial charge is 0.309 e. The Labute approximate surface area is 313 Å². The summed E-state index contributed by atoms with van der Waals surface area (Å²) < 4.78 is 4.94. The minimum Gasteiger partial charge on any atom is -0.309 e. The molecule has 11 aromatic rings. The fraction of sp³-hybridized carbons (Fsp3) is 0. The number of rotatable bonds is 5. The number of hydrogen-bond donors (Lipinski definition) is 0. The van der Waals surface area contributed by atoms with Crippen molar-refractivity contribution in [1.29, 1.82) is 0 Å². The molecule has 0 aliphatic rings. The summed E-state index contributed by atoms with van der Waals surface area (Å²) in [5, 5.41) is 10.1. The lowest BCUT2D eigenvalue weighted by Crippen LogP contribution is -1.99. The summed E-state index contributed by atoms with van der Waals surface area (Å²) in [4.78, 5) is 0. The van der Waals surface area contributed by atoms with Crippen LogP contribution in [0.25, 0.3) is 99.1 Å². The van der Waals surface area contributed by atoms with Crippen LogP contribution in [0.4, 0.5) is 0 Å². The van der Waals surface area contributed by atoms with Crippen LogP contribution in [0.2, 0.25) is 0 Å². The Morgan fingerprint density at radius 2 is 0.593 bits per heavy atom. The van der Waals surface area contributed by atoms with Gasteiger partial charge in [-0.1, -0.05) is 164 Å². The Kier molecular flexibility index (Phi) is 6.90. The zero-order chi connectivity index (χ0) is 35.6. The van der Waals surface area contributed by atoms with Crippen LogP contribution in [0.3, 0.4) is 0 Å². The zero-order valence-corrected chi connectivity index (χ0v) is 29.5. The van der Waals surface area contributed by atoms with E-state index in [0.29, 0.717) is 0 Å². The quantitative estimate of drug-likeness (QED) is 0.160. The molecule has 0 N–H and O–H groups in total. The van der Waals surface area contributed by atoms with Gasteiger partial charge in [0.05, 0.1) is 22.4 Å². The molecule has 0 bridgehead atoms. The van der Waals surface area contributed by atoms with Crippen molar-refractivity contribution in [2.24, 2.45) is 0 Å². The molecule has 2 heterocycles. The monoisotopic (exact) mass is 686 g/mol. The summed E-state index contributed by atoms with van der Waals surface area (Å²) in [6, 6.07) is 75.2. The Bertz CT molecular complexity index is 3150. The Balaban J connectivity index is 1.35. The number of hydrogen-bond acceptors (Lipinski definition) is 0. The summed E-state index contributed by atoms with van der Waals surface area (Å²) in [6.45, 7) is 0. The zero-order valence-electron chi connectivity index (χ0n) is 29.5. The molecule has 0 amide bonds. The lowest BCUT2D eigenvalue weighted by atomic mass is 9.90. The number of nitrogens with zero attached hydrogens (tertiary/aromatic N) is 2. The van der Waals surface area contributed by atoms with E-state index in [1.165, 1.54) is 87.8 Å². The smallest absolute Gasteiger partial charge is 0.0620 e. The van der Waals surface area contributed by atoms with Gasteiger partial charge in [0.25, 0.3) is 0 Å². The van der Waals surface area contributed by atoms with Crippen molar-refractivity contribution >= 4 is 54.1 Å². The van der Waals surface area contributed by atoms with Crippen molar-refractivity contribution < 1.29 is 0 Å². The third-order valence-corrected chi connectivity index (χ3v) is 11.1. The van der Waals surface area contributed by atoms with Gasteiger partial charge in [-0.05, 0) is 85.9 Å². The Morgan fingerprint density at radius 1 is 0.241 bits per heavy atom. The first-order valence-corrected chi connectivity index (χ1v) is 18.6. The molecule has 0 spiro atoms. The van der Waals surface area contributed by atoms with Crippen molar-refractivity contribution in [2.75, 3.05) is 0 Å². The van der Waals surface area contributed by atoms with E-state index in [0.717, 1.165) is 11.4 Å². The van der Waals surface area contributed by atoms with E-state index in [4.69, 9.17) is 0 Å². The number of aromatic nitrogens is 2. The number of benzene rings is 9. The fourth-order valence-corrected chi connectivity index (χ4v) is 8.87. The maximum atomic E-state index is 2.48. The van der Waals surface area contributed by atoms with Gasteiger partial charge in [-0.2, -0.15) is 0 Å². The van der Waals surface area contributed by atoms with Crippen molar-refractivity contribution in [1.82, 2.24) is 9.13 Å². The van der Waals surface area contributed by atoms with E-state index < -0.39 is 0 Å². The summed E-state index contributed by atoms with van der Waals surface area (Å²) >= 11 is 0. The second-order valence-electron chi connectivity index (χ2n) is 14.0. The van der Waals surface area contributed by atoms with Gasteiger partial charge in [-0.15, -0.1) is 0 Å². The highest BCUT2D eigenvalue weighted by Gasteiger charge is 2.29. The molecule has 2 nitrogen and oxygen atoms in total. The van der Waals surface area contributed by atoms with Crippen LogP contribution in [-0.4, -0.2) is 9.13 Å². The molecule has 0 fully saturated rings. The van der Waals surface area contributed by atoms with Crippen LogP contribution in [0.5, 0.6) is 0 Å². The van der Waals surface area contributed by atoms with Gasteiger partial charge in [-0.3, -0.25) is 0 Å². The highest BCUT2D eigenvalue weighted by molar-refractivity contribution is 6.26. The minimum absolute atomic E-state index is 1.13. The van der Waals surface area contributed by atoms with E-state index in [-0.39, 0.29) is 0 Å². The Morgan fingerprint density at radius 3 is 1.07 bits per heavy atom. The average Bonchev–Trinajstić information content (AvgIpc) is 3.78. The molecule has 0 saturated carbocycles. The van der Waals surface area contributed by atoms with E-state index in [1.807, 2.05) is 0 Å². The summed E-state index contributed by atoms with van der Waals surface area (Å²) in [5.74, 6) is 0. The van der Waals surface area contributed by atoms with Gasteiger partial charge in [0.1, 0.15) is 0 Å². The maximum Gasteiger partial charge on any atom is 0.0620 e. The van der Waals surface area contributed by atoms with Crippen LogP contribution in [0.15, 0.2) is 206 Å². The van der Waals surface area contributed by atoms with Gasteiger partial charge >= 0.3 is 0 Å². The highest BCUT2D eigenvalue weighted by Crippen LogP contribution is 2.51. The van der Waals surface area contributed by atoms with Crippen molar-refractivity contribution in [3.63, 3.8) is 0 Å². The standard InChI is InChI=1S/C52H34N2/c1-4-18-35(19-5-1)51-49(44-28-14-16-30-47(44)53(51)37-20-6-2-7-21-37)50-45-29-15-17-31-48(45)54(38-22-8-3-9-23-38)52(50)36-32-33-43-41-26-11-10-24-39(41)40-25-12-13-27-42(40)46(43)34-36/h1-34H.